The van der Waals surface area contributed by atoms with Crippen LogP contribution in [0.2, 0.25) is 0 Å². The van der Waals surface area contributed by atoms with Gasteiger partial charge in [0.1, 0.15) is 11.9 Å². The summed E-state index contributed by atoms with van der Waals surface area (Å²) in [5, 5.41) is 2.97. The van der Waals surface area contributed by atoms with Crippen LogP contribution in [-0.4, -0.2) is 28.5 Å². The second-order valence-corrected chi connectivity index (χ2v) is 6.57. The molecule has 0 spiro atoms. The van der Waals surface area contributed by atoms with Crippen molar-refractivity contribution in [3.63, 3.8) is 0 Å². The van der Waals surface area contributed by atoms with Gasteiger partial charge in [-0.1, -0.05) is 18.2 Å². The Hall–Kier alpha value is -2.47. The highest BCUT2D eigenvalue weighted by Crippen LogP contribution is 2.33. The molecule has 1 atom stereocenters. The van der Waals surface area contributed by atoms with Crippen LogP contribution in [0.15, 0.2) is 41.8 Å². The number of hydrogen-bond acceptors (Lipinski definition) is 5. The van der Waals surface area contributed by atoms with E-state index < -0.39 is 0 Å². The van der Waals surface area contributed by atoms with E-state index in [9.17, 15) is 4.79 Å². The van der Waals surface area contributed by atoms with E-state index in [4.69, 9.17) is 10.7 Å². The number of fused-ring (bicyclic) bond motifs is 1. The number of carbonyl (C=O) groups excluding carboxylic acids is 1. The molecule has 3 heterocycles. The summed E-state index contributed by atoms with van der Waals surface area (Å²) in [6.45, 7) is 0.790. The lowest BCUT2D eigenvalue weighted by molar-refractivity contribution is -0.119. The maximum absolute atomic E-state index is 11.8. The number of anilines is 1. The van der Waals surface area contributed by atoms with Crippen molar-refractivity contribution in [1.82, 2.24) is 9.97 Å². The zero-order valence-electron chi connectivity index (χ0n) is 12.5. The molecule has 23 heavy (non-hydrogen) atoms. The van der Waals surface area contributed by atoms with Gasteiger partial charge < -0.3 is 10.6 Å². The third kappa shape index (κ3) is 2.45. The molecule has 1 fully saturated rings. The largest absolute Gasteiger partial charge is 0.368 e. The first kappa shape index (κ1) is 14.1. The topological polar surface area (TPSA) is 72.1 Å². The number of carbonyl (C=O) groups is 1. The van der Waals surface area contributed by atoms with Gasteiger partial charge in [-0.2, -0.15) is 0 Å². The summed E-state index contributed by atoms with van der Waals surface area (Å²) in [7, 11) is 0. The van der Waals surface area contributed by atoms with Crippen molar-refractivity contribution in [3.05, 3.63) is 41.8 Å². The molecular formula is C17H16N4OS. The van der Waals surface area contributed by atoms with Crippen LogP contribution in [0.25, 0.3) is 21.6 Å². The van der Waals surface area contributed by atoms with Crippen LogP contribution in [0.5, 0.6) is 0 Å². The Balaban J connectivity index is 1.92. The molecule has 3 aromatic rings. The number of benzene rings is 1. The fourth-order valence-corrected chi connectivity index (χ4v) is 3.77. The van der Waals surface area contributed by atoms with Crippen molar-refractivity contribution in [2.45, 2.75) is 18.9 Å². The fourth-order valence-electron chi connectivity index (χ4n) is 3.11. The first-order valence-electron chi connectivity index (χ1n) is 7.60. The lowest BCUT2D eigenvalue weighted by Crippen LogP contribution is -2.40. The molecule has 0 unspecified atom stereocenters. The van der Waals surface area contributed by atoms with Gasteiger partial charge in [-0.15, -0.1) is 11.3 Å². The van der Waals surface area contributed by atoms with Crippen LogP contribution < -0.4 is 10.6 Å². The molecule has 0 saturated carbocycles. The summed E-state index contributed by atoms with van der Waals surface area (Å²) in [5.41, 5.74) is 6.47. The zero-order chi connectivity index (χ0) is 15.8. The Kier molecular flexibility index (Phi) is 3.46. The molecule has 0 aliphatic carbocycles. The van der Waals surface area contributed by atoms with Crippen molar-refractivity contribution < 1.29 is 4.79 Å². The minimum Gasteiger partial charge on any atom is -0.368 e. The summed E-state index contributed by atoms with van der Waals surface area (Å²) < 4.78 is 0. The predicted octanol–water partition coefficient (Wildman–Crippen LogP) is 2.81. The zero-order valence-corrected chi connectivity index (χ0v) is 13.3. The highest BCUT2D eigenvalue weighted by Gasteiger charge is 2.31. The fraction of sp³-hybridized carbons (Fsp3) is 0.235. The summed E-state index contributed by atoms with van der Waals surface area (Å²) in [6.07, 6.45) is 1.72. The van der Waals surface area contributed by atoms with E-state index in [1.807, 2.05) is 46.7 Å². The molecule has 5 nitrogen and oxygen atoms in total. The highest BCUT2D eigenvalue weighted by molar-refractivity contribution is 7.13. The Morgan fingerprint density at radius 1 is 1.22 bits per heavy atom. The molecule has 1 saturated heterocycles. The van der Waals surface area contributed by atoms with E-state index in [1.165, 1.54) is 0 Å². The number of nitrogens with zero attached hydrogens (tertiary/aromatic N) is 3. The maximum atomic E-state index is 11.8. The number of aromatic nitrogens is 2. The number of hydrogen-bond donors (Lipinski definition) is 1. The lowest BCUT2D eigenvalue weighted by atomic mass is 10.2. The lowest BCUT2D eigenvalue weighted by Gasteiger charge is -2.24. The van der Waals surface area contributed by atoms with Crippen molar-refractivity contribution in [1.29, 1.82) is 0 Å². The Labute approximate surface area is 137 Å². The van der Waals surface area contributed by atoms with Crippen LogP contribution in [0.3, 0.4) is 0 Å². The third-order valence-corrected chi connectivity index (χ3v) is 5.04. The predicted molar refractivity (Wildman–Crippen MR) is 92.4 cm³/mol. The van der Waals surface area contributed by atoms with Gasteiger partial charge in [0, 0.05) is 11.9 Å². The molecule has 1 aliphatic rings. The van der Waals surface area contributed by atoms with Crippen LogP contribution in [0.4, 0.5) is 5.82 Å². The molecular weight excluding hydrogens is 308 g/mol. The van der Waals surface area contributed by atoms with Crippen molar-refractivity contribution in [2.75, 3.05) is 11.4 Å². The maximum Gasteiger partial charge on any atom is 0.240 e. The molecule has 1 aliphatic heterocycles. The van der Waals surface area contributed by atoms with Gasteiger partial charge >= 0.3 is 0 Å². The number of nitrogens with two attached hydrogens (primary N) is 1. The van der Waals surface area contributed by atoms with Crippen molar-refractivity contribution in [3.8, 4) is 10.7 Å². The SMILES string of the molecule is NC(=O)[C@H]1CCCN1c1nc(-c2cccs2)nc2ccccc12. The summed E-state index contributed by atoms with van der Waals surface area (Å²) >= 11 is 1.61. The molecule has 1 aromatic carbocycles. The van der Waals surface area contributed by atoms with Crippen LogP contribution in [0, 0.1) is 0 Å². The second-order valence-electron chi connectivity index (χ2n) is 5.62. The average Bonchev–Trinajstić information content (AvgIpc) is 3.25. The van der Waals surface area contributed by atoms with Gasteiger partial charge in [-0.05, 0) is 36.4 Å². The number of para-hydroxylation sites is 1. The smallest absolute Gasteiger partial charge is 0.240 e. The molecule has 0 bridgehead atoms. The molecule has 1 amide bonds. The first-order chi connectivity index (χ1) is 11.2. The van der Waals surface area contributed by atoms with Gasteiger partial charge in [-0.3, -0.25) is 4.79 Å². The summed E-state index contributed by atoms with van der Waals surface area (Å²) in [5.74, 6) is 1.21. The molecule has 2 aromatic heterocycles. The number of rotatable bonds is 3. The minimum absolute atomic E-state index is 0.288. The highest BCUT2D eigenvalue weighted by atomic mass is 32.1. The Morgan fingerprint density at radius 2 is 2.09 bits per heavy atom. The van der Waals surface area contributed by atoms with Crippen molar-refractivity contribution in [2.24, 2.45) is 5.73 Å². The average molecular weight is 324 g/mol. The van der Waals surface area contributed by atoms with Gasteiger partial charge in [0.2, 0.25) is 5.91 Å². The molecule has 6 heteroatoms. The minimum atomic E-state index is -0.289. The van der Waals surface area contributed by atoms with Gasteiger partial charge in [0.25, 0.3) is 0 Å². The molecule has 2 N–H and O–H groups in total. The van der Waals surface area contributed by atoms with Crippen LogP contribution in [0.1, 0.15) is 12.8 Å². The monoisotopic (exact) mass is 324 g/mol. The quantitative estimate of drug-likeness (QED) is 0.804. The van der Waals surface area contributed by atoms with E-state index in [-0.39, 0.29) is 11.9 Å². The Bertz CT molecular complexity index is 862. The standard InChI is InChI=1S/C17H16N4OS/c18-15(22)13-7-3-9-21(13)17-11-5-1-2-6-12(11)19-16(20-17)14-8-4-10-23-14/h1-2,4-6,8,10,13H,3,7,9H2,(H2,18,22)/t13-/m1/s1. The molecule has 4 rings (SSSR count). The summed E-state index contributed by atoms with van der Waals surface area (Å²) in [4.78, 5) is 24.3. The van der Waals surface area contributed by atoms with Gasteiger partial charge in [-0.25, -0.2) is 9.97 Å². The van der Waals surface area contributed by atoms with E-state index >= 15 is 0 Å². The first-order valence-corrected chi connectivity index (χ1v) is 8.48. The van der Waals surface area contributed by atoms with E-state index in [1.54, 1.807) is 11.3 Å². The summed E-state index contributed by atoms with van der Waals surface area (Å²) in [6, 6.07) is 11.6. The second kappa shape index (κ2) is 5.62. The number of amides is 1. The van der Waals surface area contributed by atoms with E-state index in [0.717, 1.165) is 41.0 Å². The number of thiophene rings is 1. The van der Waals surface area contributed by atoms with Crippen LogP contribution >= 0.6 is 11.3 Å². The van der Waals surface area contributed by atoms with E-state index in [0.29, 0.717) is 5.82 Å². The van der Waals surface area contributed by atoms with Crippen LogP contribution in [-0.2, 0) is 4.79 Å². The number of primary amides is 1. The van der Waals surface area contributed by atoms with Crippen molar-refractivity contribution >= 4 is 34.0 Å². The molecule has 116 valence electrons. The van der Waals surface area contributed by atoms with Gasteiger partial charge in [0.15, 0.2) is 5.82 Å². The molecule has 0 radical (unpaired) electrons. The Morgan fingerprint density at radius 3 is 2.87 bits per heavy atom. The normalized spacial score (nSPS) is 17.7. The third-order valence-electron chi connectivity index (χ3n) is 4.18. The van der Waals surface area contributed by atoms with E-state index in [2.05, 4.69) is 4.98 Å². The van der Waals surface area contributed by atoms with Gasteiger partial charge in [0.05, 0.1) is 10.4 Å².